The first kappa shape index (κ1) is 9.37. The molecule has 3 nitrogen and oxygen atoms in total. The molecule has 1 aromatic heterocycles. The van der Waals surface area contributed by atoms with Gasteiger partial charge >= 0.3 is 0 Å². The summed E-state index contributed by atoms with van der Waals surface area (Å²) in [6.45, 7) is 0.469. The highest BCUT2D eigenvalue weighted by atomic mass is 35.5. The van der Waals surface area contributed by atoms with Crippen LogP contribution in [-0.4, -0.2) is 12.1 Å². The van der Waals surface area contributed by atoms with Crippen LogP contribution < -0.4 is 10.5 Å². The Balaban J connectivity index is 2.82. The molecule has 1 heterocycles. The molecular formula is C10H11ClN2O. The van der Waals surface area contributed by atoms with Crippen LogP contribution in [0.5, 0.6) is 5.75 Å². The zero-order valence-corrected chi connectivity index (χ0v) is 8.56. The average Bonchev–Trinajstić information content (AvgIpc) is 2.63. The predicted molar refractivity (Wildman–Crippen MR) is 57.8 cm³/mol. The summed E-state index contributed by atoms with van der Waals surface area (Å²) in [5, 5.41) is 1.66. The third-order valence-electron chi connectivity index (χ3n) is 2.27. The number of nitrogens with two attached hydrogens (primary N) is 1. The highest BCUT2D eigenvalue weighted by Gasteiger charge is 2.10. The number of halogens is 1. The molecule has 2 rings (SSSR count). The van der Waals surface area contributed by atoms with Crippen molar-refractivity contribution < 1.29 is 4.74 Å². The number of hydrogen-bond donors (Lipinski definition) is 2. The molecule has 14 heavy (non-hydrogen) atoms. The lowest BCUT2D eigenvalue weighted by atomic mass is 10.1. The molecular weight excluding hydrogens is 200 g/mol. The second-order valence-corrected chi connectivity index (χ2v) is 3.42. The topological polar surface area (TPSA) is 51.0 Å². The average molecular weight is 211 g/mol. The summed E-state index contributed by atoms with van der Waals surface area (Å²) in [4.78, 5) is 3.09. The van der Waals surface area contributed by atoms with Crippen LogP contribution in [0.2, 0.25) is 5.02 Å². The van der Waals surface area contributed by atoms with Crippen LogP contribution in [0, 0.1) is 0 Å². The number of methoxy groups -OCH3 is 1. The van der Waals surface area contributed by atoms with Crippen LogP contribution >= 0.6 is 11.6 Å². The molecule has 0 aliphatic carbocycles. The second kappa shape index (κ2) is 3.52. The molecule has 4 heteroatoms. The fraction of sp³-hybridized carbons (Fsp3) is 0.200. The lowest BCUT2D eigenvalue weighted by Gasteiger charge is -2.04. The molecule has 74 valence electrons. The van der Waals surface area contributed by atoms with Crippen molar-refractivity contribution in [1.29, 1.82) is 0 Å². The van der Waals surface area contributed by atoms with Crippen molar-refractivity contribution in [3.63, 3.8) is 0 Å². The van der Waals surface area contributed by atoms with Gasteiger partial charge in [0, 0.05) is 18.1 Å². The van der Waals surface area contributed by atoms with E-state index in [-0.39, 0.29) is 0 Å². The molecule has 0 fully saturated rings. The minimum Gasteiger partial charge on any atom is -0.496 e. The van der Waals surface area contributed by atoms with E-state index in [4.69, 9.17) is 22.1 Å². The number of fused-ring (bicyclic) bond motifs is 1. The molecule has 0 aliphatic heterocycles. The van der Waals surface area contributed by atoms with Gasteiger partial charge in [0.15, 0.2) is 0 Å². The summed E-state index contributed by atoms with van der Waals surface area (Å²) in [7, 11) is 1.63. The number of aromatic nitrogens is 1. The first-order valence-corrected chi connectivity index (χ1v) is 4.68. The molecule has 0 saturated heterocycles. The van der Waals surface area contributed by atoms with Gasteiger partial charge in [-0.3, -0.25) is 0 Å². The van der Waals surface area contributed by atoms with Crippen LogP contribution in [0.1, 0.15) is 5.56 Å². The summed E-state index contributed by atoms with van der Waals surface area (Å²) in [5.74, 6) is 0.797. The quantitative estimate of drug-likeness (QED) is 0.799. The van der Waals surface area contributed by atoms with Crippen LogP contribution in [-0.2, 0) is 6.54 Å². The Morgan fingerprint density at radius 3 is 2.93 bits per heavy atom. The Morgan fingerprint density at radius 2 is 2.29 bits per heavy atom. The molecule has 0 unspecified atom stereocenters. The van der Waals surface area contributed by atoms with Crippen LogP contribution in [0.15, 0.2) is 18.3 Å². The summed E-state index contributed by atoms with van der Waals surface area (Å²) in [6.07, 6.45) is 1.86. The Morgan fingerprint density at radius 1 is 1.50 bits per heavy atom. The van der Waals surface area contributed by atoms with Gasteiger partial charge in [0.25, 0.3) is 0 Å². The molecule has 0 aliphatic rings. The van der Waals surface area contributed by atoms with E-state index in [0.717, 1.165) is 22.2 Å². The number of ether oxygens (including phenoxy) is 1. The van der Waals surface area contributed by atoms with Gasteiger partial charge in [0.1, 0.15) is 5.75 Å². The first-order valence-electron chi connectivity index (χ1n) is 4.30. The van der Waals surface area contributed by atoms with Gasteiger partial charge in [-0.1, -0.05) is 11.6 Å². The highest BCUT2D eigenvalue weighted by molar-refractivity contribution is 6.35. The molecule has 0 saturated carbocycles. The number of nitrogens with one attached hydrogen (secondary N) is 1. The van der Waals surface area contributed by atoms with Crippen molar-refractivity contribution in [3.8, 4) is 5.75 Å². The van der Waals surface area contributed by atoms with Crippen molar-refractivity contribution in [3.05, 3.63) is 28.9 Å². The maximum Gasteiger partial charge on any atom is 0.128 e. The van der Waals surface area contributed by atoms with Gasteiger partial charge in [0.05, 0.1) is 17.6 Å². The maximum absolute atomic E-state index is 6.03. The minimum atomic E-state index is 0.469. The smallest absolute Gasteiger partial charge is 0.128 e. The lowest BCUT2D eigenvalue weighted by Crippen LogP contribution is -1.95. The summed E-state index contributed by atoms with van der Waals surface area (Å²) in [6, 6.07) is 3.65. The standard InChI is InChI=1S/C10H11ClN2O/c1-14-8-3-2-7(11)10-9(8)6(4-12)5-13-10/h2-3,5,13H,4,12H2,1H3. The number of H-pyrrole nitrogens is 1. The van der Waals surface area contributed by atoms with E-state index >= 15 is 0 Å². The highest BCUT2D eigenvalue weighted by Crippen LogP contribution is 2.33. The largest absolute Gasteiger partial charge is 0.496 e. The lowest BCUT2D eigenvalue weighted by molar-refractivity contribution is 0.419. The monoisotopic (exact) mass is 210 g/mol. The summed E-state index contributed by atoms with van der Waals surface area (Å²) >= 11 is 6.03. The van der Waals surface area contributed by atoms with Crippen molar-refractivity contribution in [1.82, 2.24) is 4.98 Å². The number of rotatable bonds is 2. The normalized spacial score (nSPS) is 10.8. The van der Waals surface area contributed by atoms with Crippen LogP contribution in [0.3, 0.4) is 0 Å². The van der Waals surface area contributed by atoms with Crippen molar-refractivity contribution in [2.45, 2.75) is 6.54 Å². The van der Waals surface area contributed by atoms with Gasteiger partial charge in [-0.15, -0.1) is 0 Å². The van der Waals surface area contributed by atoms with Gasteiger partial charge in [0.2, 0.25) is 0 Å². The molecule has 0 amide bonds. The van der Waals surface area contributed by atoms with Gasteiger partial charge < -0.3 is 15.5 Å². The van der Waals surface area contributed by atoms with E-state index in [2.05, 4.69) is 4.98 Å². The third kappa shape index (κ3) is 1.25. The predicted octanol–water partition coefficient (Wildman–Crippen LogP) is 2.29. The Bertz CT molecular complexity index is 464. The fourth-order valence-electron chi connectivity index (χ4n) is 1.58. The van der Waals surface area contributed by atoms with Crippen LogP contribution in [0.25, 0.3) is 10.9 Å². The SMILES string of the molecule is COc1ccc(Cl)c2[nH]cc(CN)c12. The second-order valence-electron chi connectivity index (χ2n) is 3.02. The van der Waals surface area contributed by atoms with Gasteiger partial charge in [-0.05, 0) is 17.7 Å². The molecule has 0 atom stereocenters. The van der Waals surface area contributed by atoms with E-state index in [1.165, 1.54) is 0 Å². The maximum atomic E-state index is 6.03. The zero-order chi connectivity index (χ0) is 10.1. The number of benzene rings is 1. The van der Waals surface area contributed by atoms with Crippen molar-refractivity contribution in [2.24, 2.45) is 5.73 Å². The number of aromatic amines is 1. The molecule has 0 radical (unpaired) electrons. The first-order chi connectivity index (χ1) is 6.77. The minimum absolute atomic E-state index is 0.469. The Labute approximate surface area is 86.8 Å². The van der Waals surface area contributed by atoms with E-state index in [0.29, 0.717) is 11.6 Å². The van der Waals surface area contributed by atoms with E-state index in [1.807, 2.05) is 12.3 Å². The molecule has 0 bridgehead atoms. The number of hydrogen-bond acceptors (Lipinski definition) is 2. The van der Waals surface area contributed by atoms with Crippen molar-refractivity contribution >= 4 is 22.5 Å². The van der Waals surface area contributed by atoms with Gasteiger partial charge in [-0.25, -0.2) is 0 Å². The fourth-order valence-corrected chi connectivity index (χ4v) is 1.79. The van der Waals surface area contributed by atoms with Gasteiger partial charge in [-0.2, -0.15) is 0 Å². The molecule has 2 aromatic rings. The van der Waals surface area contributed by atoms with Crippen LogP contribution in [0.4, 0.5) is 0 Å². The zero-order valence-electron chi connectivity index (χ0n) is 7.80. The molecule has 1 aromatic carbocycles. The summed E-state index contributed by atoms with van der Waals surface area (Å²) < 4.78 is 5.25. The Kier molecular flexibility index (Phi) is 2.35. The molecule has 3 N–H and O–H groups in total. The van der Waals surface area contributed by atoms with E-state index in [9.17, 15) is 0 Å². The third-order valence-corrected chi connectivity index (χ3v) is 2.58. The van der Waals surface area contributed by atoms with E-state index < -0.39 is 0 Å². The summed E-state index contributed by atoms with van der Waals surface area (Å²) in [5.41, 5.74) is 7.51. The Hall–Kier alpha value is -1.19. The van der Waals surface area contributed by atoms with Crippen molar-refractivity contribution in [2.75, 3.05) is 7.11 Å². The van der Waals surface area contributed by atoms with E-state index in [1.54, 1.807) is 13.2 Å². The molecule has 0 spiro atoms.